The molecule has 0 fully saturated rings. The van der Waals surface area contributed by atoms with Gasteiger partial charge in [0.15, 0.2) is 0 Å². The van der Waals surface area contributed by atoms with Gasteiger partial charge in [0, 0.05) is 12.8 Å². The number of benzene rings is 1. The summed E-state index contributed by atoms with van der Waals surface area (Å²) < 4.78 is 11.3. The van der Waals surface area contributed by atoms with Gasteiger partial charge in [-0.05, 0) is 31.5 Å². The molecule has 0 unspecified atom stereocenters. The second kappa shape index (κ2) is 8.97. The molecule has 1 atom stereocenters. The number of thiophene rings is 1. The highest BCUT2D eigenvalue weighted by atomic mass is 32.1. The first kappa shape index (κ1) is 20.7. The number of fused-ring (bicyclic) bond motifs is 1. The van der Waals surface area contributed by atoms with Crippen LogP contribution >= 0.6 is 11.3 Å². The van der Waals surface area contributed by atoms with E-state index in [9.17, 15) is 14.4 Å². The molecule has 9 heteroatoms. The van der Waals surface area contributed by atoms with Gasteiger partial charge < -0.3 is 14.8 Å². The van der Waals surface area contributed by atoms with Gasteiger partial charge in [-0.2, -0.15) is 0 Å². The lowest BCUT2D eigenvalue weighted by molar-refractivity contribution is -0.118. The second-order valence-corrected chi connectivity index (χ2v) is 7.35. The smallest absolute Gasteiger partial charge is 0.348 e. The van der Waals surface area contributed by atoms with Crippen molar-refractivity contribution in [1.29, 1.82) is 0 Å². The number of ether oxygens (including phenoxy) is 2. The molecule has 1 amide bonds. The number of aromatic nitrogens is 2. The highest BCUT2D eigenvalue weighted by molar-refractivity contribution is 7.20. The Bertz CT molecular complexity index is 1090. The molecular formula is C20H21N3O5S. The van der Waals surface area contributed by atoms with Crippen molar-refractivity contribution in [3.63, 3.8) is 0 Å². The van der Waals surface area contributed by atoms with Crippen LogP contribution in [0.15, 0.2) is 41.5 Å². The number of amides is 1. The fourth-order valence-corrected chi connectivity index (χ4v) is 3.82. The molecule has 1 aromatic carbocycles. The Balaban J connectivity index is 1.89. The van der Waals surface area contributed by atoms with Crippen molar-refractivity contribution in [2.75, 3.05) is 25.6 Å². The summed E-state index contributed by atoms with van der Waals surface area (Å²) in [7, 11) is 1.51. The number of nitrogens with one attached hydrogen (secondary N) is 1. The molecular weight excluding hydrogens is 394 g/mol. The van der Waals surface area contributed by atoms with Crippen LogP contribution in [0.5, 0.6) is 0 Å². The maximum Gasteiger partial charge on any atom is 0.348 e. The van der Waals surface area contributed by atoms with Crippen molar-refractivity contribution in [3.8, 4) is 0 Å². The molecule has 0 bridgehead atoms. The van der Waals surface area contributed by atoms with Crippen molar-refractivity contribution in [2.24, 2.45) is 0 Å². The van der Waals surface area contributed by atoms with E-state index in [2.05, 4.69) is 10.3 Å². The fourth-order valence-electron chi connectivity index (χ4n) is 2.79. The van der Waals surface area contributed by atoms with Crippen molar-refractivity contribution in [3.05, 3.63) is 57.5 Å². The maximum absolute atomic E-state index is 13.0. The molecule has 8 nitrogen and oxygen atoms in total. The van der Waals surface area contributed by atoms with Crippen molar-refractivity contribution < 1.29 is 19.1 Å². The lowest BCUT2D eigenvalue weighted by atomic mass is 10.2. The van der Waals surface area contributed by atoms with Gasteiger partial charge in [-0.15, -0.1) is 11.3 Å². The average Bonchev–Trinajstić information content (AvgIpc) is 3.06. The van der Waals surface area contributed by atoms with E-state index >= 15 is 0 Å². The van der Waals surface area contributed by atoms with Crippen LogP contribution in [0.3, 0.4) is 0 Å². The van der Waals surface area contributed by atoms with E-state index in [0.29, 0.717) is 26.3 Å². The van der Waals surface area contributed by atoms with Crippen LogP contribution in [-0.4, -0.2) is 41.8 Å². The molecule has 0 radical (unpaired) electrons. The van der Waals surface area contributed by atoms with Gasteiger partial charge >= 0.3 is 5.97 Å². The van der Waals surface area contributed by atoms with Gasteiger partial charge in [0.05, 0.1) is 18.3 Å². The Morgan fingerprint density at radius 2 is 1.97 bits per heavy atom. The maximum atomic E-state index is 13.0. The summed E-state index contributed by atoms with van der Waals surface area (Å²) in [4.78, 5) is 42.9. The number of hydrogen-bond acceptors (Lipinski definition) is 7. The molecule has 3 aromatic rings. The Hall–Kier alpha value is -3.04. The van der Waals surface area contributed by atoms with E-state index in [4.69, 9.17) is 9.47 Å². The molecule has 0 aliphatic rings. The van der Waals surface area contributed by atoms with Gasteiger partial charge in [-0.25, -0.2) is 9.78 Å². The first-order valence-corrected chi connectivity index (χ1v) is 9.78. The number of hydrogen-bond donors (Lipinski definition) is 1. The van der Waals surface area contributed by atoms with Crippen molar-refractivity contribution >= 4 is 39.1 Å². The predicted molar refractivity (Wildman–Crippen MR) is 111 cm³/mol. The fraction of sp³-hybridized carbons (Fsp3) is 0.300. The summed E-state index contributed by atoms with van der Waals surface area (Å²) in [5.41, 5.74) is 0.754. The van der Waals surface area contributed by atoms with Crippen LogP contribution in [0.1, 0.15) is 28.2 Å². The Morgan fingerprint density at radius 1 is 1.24 bits per heavy atom. The van der Waals surface area contributed by atoms with Gasteiger partial charge in [-0.3, -0.25) is 14.2 Å². The van der Waals surface area contributed by atoms with E-state index in [1.807, 2.05) is 18.2 Å². The number of esters is 1. The molecule has 0 saturated carbocycles. The quantitative estimate of drug-likeness (QED) is 0.471. The van der Waals surface area contributed by atoms with E-state index in [1.54, 1.807) is 26.0 Å². The van der Waals surface area contributed by atoms with Gasteiger partial charge in [-0.1, -0.05) is 18.2 Å². The van der Waals surface area contributed by atoms with E-state index < -0.39 is 12.0 Å². The number of aryl methyl sites for hydroxylation is 1. The van der Waals surface area contributed by atoms with Gasteiger partial charge in [0.1, 0.15) is 22.4 Å². The summed E-state index contributed by atoms with van der Waals surface area (Å²) in [5.74, 6) is -0.866. The molecule has 0 aliphatic carbocycles. The van der Waals surface area contributed by atoms with E-state index in [-0.39, 0.29) is 24.7 Å². The van der Waals surface area contributed by atoms with Crippen LogP contribution in [0, 0.1) is 6.92 Å². The summed E-state index contributed by atoms with van der Waals surface area (Å²) in [6.07, 6.45) is 1.33. The van der Waals surface area contributed by atoms with Crippen LogP contribution in [0.4, 0.5) is 5.69 Å². The Labute approximate surface area is 171 Å². The predicted octanol–water partition coefficient (Wildman–Crippen LogP) is 2.77. The normalized spacial score (nSPS) is 12.0. The van der Waals surface area contributed by atoms with E-state index in [0.717, 1.165) is 11.3 Å². The number of methoxy groups -OCH3 is 1. The molecule has 152 valence electrons. The molecule has 1 N–H and O–H groups in total. The lowest BCUT2D eigenvalue weighted by Crippen LogP contribution is -2.31. The summed E-state index contributed by atoms with van der Waals surface area (Å²) >= 11 is 1.10. The molecule has 2 aromatic heterocycles. The zero-order valence-corrected chi connectivity index (χ0v) is 17.1. The minimum Gasteiger partial charge on any atom is -0.459 e. The minimum absolute atomic E-state index is 0.122. The lowest BCUT2D eigenvalue weighted by Gasteiger charge is -2.14. The standard InChI is InChI=1S/C20H21N3O5S/c1-12-15-18(29-16(12)20(26)28-10-9-27-3)21-11-23(19(15)25)13(2)17(24)22-14-7-5-4-6-8-14/h4-8,11,13H,9-10H2,1-3H3,(H,22,24)/t13-/m1/s1. The third-order valence-corrected chi connectivity index (χ3v) is 5.60. The second-order valence-electron chi connectivity index (χ2n) is 6.35. The average molecular weight is 415 g/mol. The van der Waals surface area contributed by atoms with Crippen molar-refractivity contribution in [2.45, 2.75) is 19.9 Å². The van der Waals surface area contributed by atoms with E-state index in [1.165, 1.54) is 18.0 Å². The molecule has 0 aliphatic heterocycles. The largest absolute Gasteiger partial charge is 0.459 e. The third kappa shape index (κ3) is 4.36. The minimum atomic E-state index is -0.781. The first-order valence-electron chi connectivity index (χ1n) is 8.96. The Morgan fingerprint density at radius 3 is 2.66 bits per heavy atom. The Kier molecular flexibility index (Phi) is 6.40. The number of anilines is 1. The van der Waals surface area contributed by atoms with Gasteiger partial charge in [0.2, 0.25) is 5.91 Å². The monoisotopic (exact) mass is 415 g/mol. The highest BCUT2D eigenvalue weighted by Crippen LogP contribution is 2.28. The molecule has 2 heterocycles. The molecule has 0 spiro atoms. The number of carbonyl (C=O) groups is 2. The molecule has 3 rings (SSSR count). The SMILES string of the molecule is COCCOC(=O)c1sc2ncn([C@H](C)C(=O)Nc3ccccc3)c(=O)c2c1C. The number of nitrogens with zero attached hydrogens (tertiary/aromatic N) is 2. The van der Waals surface area contributed by atoms with Crippen LogP contribution < -0.4 is 10.9 Å². The summed E-state index contributed by atoms with van der Waals surface area (Å²) in [5, 5.41) is 3.09. The third-order valence-electron chi connectivity index (χ3n) is 4.42. The molecule has 0 saturated heterocycles. The molecule has 29 heavy (non-hydrogen) atoms. The zero-order chi connectivity index (χ0) is 21.0. The summed E-state index contributed by atoms with van der Waals surface area (Å²) in [6, 6.07) is 8.21. The number of rotatable bonds is 7. The topological polar surface area (TPSA) is 99.5 Å². The number of carbonyl (C=O) groups excluding carboxylic acids is 2. The van der Waals surface area contributed by atoms with Crippen molar-refractivity contribution in [1.82, 2.24) is 9.55 Å². The van der Waals surface area contributed by atoms with Crippen LogP contribution in [0.25, 0.3) is 10.2 Å². The van der Waals surface area contributed by atoms with Crippen LogP contribution in [-0.2, 0) is 14.3 Å². The highest BCUT2D eigenvalue weighted by Gasteiger charge is 2.23. The number of para-hydroxylation sites is 1. The zero-order valence-electron chi connectivity index (χ0n) is 16.3. The first-order chi connectivity index (χ1) is 13.9. The van der Waals surface area contributed by atoms with Gasteiger partial charge in [0.25, 0.3) is 5.56 Å². The summed E-state index contributed by atoms with van der Waals surface area (Å²) in [6.45, 7) is 3.70. The van der Waals surface area contributed by atoms with Crippen LogP contribution in [0.2, 0.25) is 0 Å².